The zero-order chi connectivity index (χ0) is 13.1. The molecule has 2 rings (SSSR count). The Morgan fingerprint density at radius 1 is 1.50 bits per heavy atom. The van der Waals surface area contributed by atoms with E-state index in [2.05, 4.69) is 16.5 Å². The molecule has 0 aliphatic carbocycles. The summed E-state index contributed by atoms with van der Waals surface area (Å²) in [5.41, 5.74) is 7.25. The average Bonchev–Trinajstić information content (AvgIpc) is 2.70. The first-order chi connectivity index (χ1) is 8.71. The fourth-order valence-corrected chi connectivity index (χ4v) is 2.13. The Balaban J connectivity index is 2.59. The molecule has 98 valence electrons. The second kappa shape index (κ2) is 5.46. The predicted octanol–water partition coefficient (Wildman–Crippen LogP) is 2.23. The second-order valence-electron chi connectivity index (χ2n) is 4.21. The van der Waals surface area contributed by atoms with Crippen molar-refractivity contribution in [1.82, 2.24) is 9.55 Å². The van der Waals surface area contributed by atoms with Crippen LogP contribution >= 0.6 is 0 Å². The Kier molecular flexibility index (Phi) is 3.93. The highest BCUT2D eigenvalue weighted by Crippen LogP contribution is 2.23. The number of rotatable bonds is 5. The van der Waals surface area contributed by atoms with Gasteiger partial charge in [-0.1, -0.05) is 6.92 Å². The van der Waals surface area contributed by atoms with Gasteiger partial charge in [-0.25, -0.2) is 9.37 Å². The van der Waals surface area contributed by atoms with E-state index in [0.29, 0.717) is 12.1 Å². The molecule has 0 spiro atoms. The van der Waals surface area contributed by atoms with E-state index in [9.17, 15) is 4.39 Å². The zero-order valence-corrected chi connectivity index (χ0v) is 10.7. The summed E-state index contributed by atoms with van der Waals surface area (Å²) in [4.78, 5) is 4.45. The molecule has 0 bridgehead atoms. The van der Waals surface area contributed by atoms with Crippen LogP contribution < -0.4 is 5.73 Å². The van der Waals surface area contributed by atoms with Crippen LogP contribution in [0.2, 0.25) is 0 Å². The monoisotopic (exact) mass is 251 g/mol. The fraction of sp³-hybridized carbons (Fsp3) is 0.462. The van der Waals surface area contributed by atoms with Gasteiger partial charge in [0.05, 0.1) is 11.0 Å². The Morgan fingerprint density at radius 2 is 2.28 bits per heavy atom. The second-order valence-corrected chi connectivity index (χ2v) is 4.21. The van der Waals surface area contributed by atoms with Gasteiger partial charge in [0.2, 0.25) is 0 Å². The number of halogens is 1. The van der Waals surface area contributed by atoms with Crippen molar-refractivity contribution in [3.05, 3.63) is 29.8 Å². The molecule has 0 aliphatic heterocycles. The minimum absolute atomic E-state index is 0.257. The Hall–Kier alpha value is -1.46. The number of ether oxygens (including phenoxy) is 1. The summed E-state index contributed by atoms with van der Waals surface area (Å²) in [7, 11) is 1.60. The number of imidazole rings is 1. The Morgan fingerprint density at radius 3 is 2.89 bits per heavy atom. The van der Waals surface area contributed by atoms with E-state index in [1.54, 1.807) is 13.2 Å². The van der Waals surface area contributed by atoms with Gasteiger partial charge < -0.3 is 15.0 Å². The standard InChI is InChI=1S/C13H18FN3O/c1-3-6-17-11-5-4-9(14)7-10(11)16-13(17)12(8-15)18-2/h4-5,7,12H,3,6,8,15H2,1-2H3. The van der Waals surface area contributed by atoms with Gasteiger partial charge in [0, 0.05) is 26.3 Å². The molecule has 2 aromatic rings. The van der Waals surface area contributed by atoms with Crippen LogP contribution in [-0.4, -0.2) is 23.2 Å². The molecule has 2 N–H and O–H groups in total. The van der Waals surface area contributed by atoms with Crippen LogP contribution in [0.15, 0.2) is 18.2 Å². The molecule has 1 aromatic heterocycles. The first-order valence-corrected chi connectivity index (χ1v) is 6.09. The van der Waals surface area contributed by atoms with Crippen LogP contribution in [0.25, 0.3) is 11.0 Å². The van der Waals surface area contributed by atoms with E-state index in [4.69, 9.17) is 10.5 Å². The summed E-state index contributed by atoms with van der Waals surface area (Å²) in [5, 5.41) is 0. The zero-order valence-electron chi connectivity index (χ0n) is 10.7. The Bertz CT molecular complexity index is 534. The molecule has 0 saturated heterocycles. The summed E-state index contributed by atoms with van der Waals surface area (Å²) in [5.74, 6) is 0.486. The molecule has 0 fully saturated rings. The topological polar surface area (TPSA) is 53.1 Å². The van der Waals surface area contributed by atoms with Crippen LogP contribution in [0.1, 0.15) is 25.3 Å². The first-order valence-electron chi connectivity index (χ1n) is 6.09. The molecule has 5 heteroatoms. The first kappa shape index (κ1) is 13.0. The molecule has 1 heterocycles. The van der Waals surface area contributed by atoms with Gasteiger partial charge in [-0.2, -0.15) is 0 Å². The number of hydrogen-bond acceptors (Lipinski definition) is 3. The van der Waals surface area contributed by atoms with Gasteiger partial charge in [-0.3, -0.25) is 0 Å². The number of benzene rings is 1. The number of nitrogens with two attached hydrogens (primary N) is 1. The maximum absolute atomic E-state index is 13.2. The van der Waals surface area contributed by atoms with Crippen LogP contribution in [0.5, 0.6) is 0 Å². The minimum atomic E-state index is -0.281. The van der Waals surface area contributed by atoms with Crippen LogP contribution in [0.4, 0.5) is 4.39 Å². The summed E-state index contributed by atoms with van der Waals surface area (Å²) < 4.78 is 20.6. The van der Waals surface area contributed by atoms with Crippen molar-refractivity contribution in [2.75, 3.05) is 13.7 Å². The maximum atomic E-state index is 13.2. The molecule has 1 atom stereocenters. The number of hydrogen-bond donors (Lipinski definition) is 1. The normalized spacial score (nSPS) is 13.1. The quantitative estimate of drug-likeness (QED) is 0.886. The largest absolute Gasteiger partial charge is 0.372 e. The average molecular weight is 251 g/mol. The third-order valence-electron chi connectivity index (χ3n) is 2.97. The summed E-state index contributed by atoms with van der Waals surface area (Å²) in [6.45, 7) is 3.26. The van der Waals surface area contributed by atoms with Gasteiger partial charge in [0.1, 0.15) is 17.7 Å². The van der Waals surface area contributed by atoms with Crippen molar-refractivity contribution >= 4 is 11.0 Å². The van der Waals surface area contributed by atoms with E-state index in [1.165, 1.54) is 12.1 Å². The van der Waals surface area contributed by atoms with Gasteiger partial charge >= 0.3 is 0 Å². The maximum Gasteiger partial charge on any atom is 0.140 e. The molecule has 0 aliphatic rings. The van der Waals surface area contributed by atoms with Crippen molar-refractivity contribution in [2.45, 2.75) is 26.0 Å². The third kappa shape index (κ3) is 2.23. The lowest BCUT2D eigenvalue weighted by atomic mass is 10.3. The molecular formula is C13H18FN3O. The molecule has 0 radical (unpaired) electrons. The van der Waals surface area contributed by atoms with Gasteiger partial charge in [-0.15, -0.1) is 0 Å². The van der Waals surface area contributed by atoms with Gasteiger partial charge in [-0.05, 0) is 18.6 Å². The number of fused-ring (bicyclic) bond motifs is 1. The van der Waals surface area contributed by atoms with Crippen LogP contribution in [0, 0.1) is 5.82 Å². The smallest absolute Gasteiger partial charge is 0.140 e. The number of nitrogens with zero attached hydrogens (tertiary/aromatic N) is 2. The molecule has 1 unspecified atom stereocenters. The van der Waals surface area contributed by atoms with Crippen LogP contribution in [0.3, 0.4) is 0 Å². The third-order valence-corrected chi connectivity index (χ3v) is 2.97. The number of aromatic nitrogens is 2. The fourth-order valence-electron chi connectivity index (χ4n) is 2.13. The number of methoxy groups -OCH3 is 1. The summed E-state index contributed by atoms with van der Waals surface area (Å²) in [6, 6.07) is 4.64. The van der Waals surface area contributed by atoms with Gasteiger partial charge in [0.25, 0.3) is 0 Å². The van der Waals surface area contributed by atoms with E-state index in [-0.39, 0.29) is 11.9 Å². The van der Waals surface area contributed by atoms with Gasteiger partial charge in [0.15, 0.2) is 0 Å². The molecule has 0 saturated carbocycles. The highest BCUT2D eigenvalue weighted by atomic mass is 19.1. The highest BCUT2D eigenvalue weighted by Gasteiger charge is 2.18. The summed E-state index contributed by atoms with van der Waals surface area (Å²) >= 11 is 0. The molecule has 1 aromatic carbocycles. The van der Waals surface area contributed by atoms with Crippen molar-refractivity contribution in [2.24, 2.45) is 5.73 Å². The number of aryl methyl sites for hydroxylation is 1. The van der Waals surface area contributed by atoms with Crippen molar-refractivity contribution in [3.63, 3.8) is 0 Å². The molecule has 4 nitrogen and oxygen atoms in total. The Labute approximate surface area is 106 Å². The lowest BCUT2D eigenvalue weighted by Crippen LogP contribution is -2.19. The summed E-state index contributed by atoms with van der Waals surface area (Å²) in [6.07, 6.45) is 0.712. The van der Waals surface area contributed by atoms with E-state index in [1.807, 2.05) is 0 Å². The van der Waals surface area contributed by atoms with E-state index >= 15 is 0 Å². The van der Waals surface area contributed by atoms with Crippen molar-refractivity contribution in [3.8, 4) is 0 Å². The predicted molar refractivity (Wildman–Crippen MR) is 68.8 cm³/mol. The van der Waals surface area contributed by atoms with E-state index < -0.39 is 0 Å². The highest BCUT2D eigenvalue weighted by molar-refractivity contribution is 5.76. The SMILES string of the molecule is CCCn1c(C(CN)OC)nc2cc(F)ccc21. The molecule has 0 amide bonds. The van der Waals surface area contributed by atoms with E-state index in [0.717, 1.165) is 24.3 Å². The van der Waals surface area contributed by atoms with Crippen molar-refractivity contribution in [1.29, 1.82) is 0 Å². The van der Waals surface area contributed by atoms with Crippen molar-refractivity contribution < 1.29 is 9.13 Å². The molecular weight excluding hydrogens is 233 g/mol. The van der Waals surface area contributed by atoms with Crippen LogP contribution in [-0.2, 0) is 11.3 Å². The minimum Gasteiger partial charge on any atom is -0.372 e. The lowest BCUT2D eigenvalue weighted by Gasteiger charge is -2.14. The molecule has 18 heavy (non-hydrogen) atoms. The lowest BCUT2D eigenvalue weighted by molar-refractivity contribution is 0.100.